The van der Waals surface area contributed by atoms with E-state index < -0.39 is 6.10 Å². The first kappa shape index (κ1) is 25.3. The number of amides is 3. The number of halogens is 1. The molecular weight excluding hydrogens is 439 g/mol. The molecule has 1 aliphatic rings. The maximum Gasteiger partial charge on any atom is 0.321 e. The summed E-state index contributed by atoms with van der Waals surface area (Å²) >= 11 is 0. The number of anilines is 2. The van der Waals surface area contributed by atoms with Crippen LogP contribution in [0.1, 0.15) is 24.2 Å². The molecule has 8 nitrogen and oxygen atoms in total. The SMILES string of the molecule is C[C@H]1CN([C@@H](C)CO)C(=O)c2cccc(N(C)C)c2O[C@@H]1CN(C)C(=O)Nc1ccc(F)cc1. The van der Waals surface area contributed by atoms with Crippen molar-refractivity contribution in [1.82, 2.24) is 9.80 Å². The second kappa shape index (κ2) is 10.7. The van der Waals surface area contributed by atoms with Gasteiger partial charge < -0.3 is 29.9 Å². The number of aliphatic hydroxyl groups excluding tert-OH is 1. The fourth-order valence-electron chi connectivity index (χ4n) is 3.90. The number of fused-ring (bicyclic) bond motifs is 1. The summed E-state index contributed by atoms with van der Waals surface area (Å²) in [5, 5.41) is 12.5. The molecule has 0 bridgehead atoms. The number of ether oxygens (including phenoxy) is 1. The molecule has 0 aromatic heterocycles. The zero-order valence-electron chi connectivity index (χ0n) is 20.3. The van der Waals surface area contributed by atoms with Crippen LogP contribution in [0.25, 0.3) is 0 Å². The number of rotatable bonds is 6. The monoisotopic (exact) mass is 472 g/mol. The quantitative estimate of drug-likeness (QED) is 0.674. The van der Waals surface area contributed by atoms with Gasteiger partial charge in [-0.3, -0.25) is 4.79 Å². The predicted molar refractivity (Wildman–Crippen MR) is 130 cm³/mol. The van der Waals surface area contributed by atoms with Gasteiger partial charge in [-0.05, 0) is 43.3 Å². The molecular formula is C25H33FN4O4. The molecule has 34 heavy (non-hydrogen) atoms. The lowest BCUT2D eigenvalue weighted by Gasteiger charge is -2.39. The maximum atomic E-state index is 13.4. The lowest BCUT2D eigenvalue weighted by molar-refractivity contribution is 0.0372. The second-order valence-corrected chi connectivity index (χ2v) is 8.99. The van der Waals surface area contributed by atoms with Crippen LogP contribution in [0.3, 0.4) is 0 Å². The van der Waals surface area contributed by atoms with E-state index in [2.05, 4.69) is 5.32 Å². The highest BCUT2D eigenvalue weighted by Gasteiger charge is 2.35. The number of hydrogen-bond acceptors (Lipinski definition) is 5. The van der Waals surface area contributed by atoms with Crippen molar-refractivity contribution in [2.24, 2.45) is 5.92 Å². The molecule has 0 aliphatic carbocycles. The van der Waals surface area contributed by atoms with E-state index in [0.717, 1.165) is 5.69 Å². The van der Waals surface area contributed by atoms with Gasteiger partial charge in [-0.15, -0.1) is 0 Å². The molecule has 184 valence electrons. The van der Waals surface area contributed by atoms with Crippen molar-refractivity contribution in [2.45, 2.75) is 26.0 Å². The van der Waals surface area contributed by atoms with Gasteiger partial charge in [0.05, 0.1) is 30.4 Å². The van der Waals surface area contributed by atoms with Crippen molar-refractivity contribution in [2.75, 3.05) is 51.1 Å². The molecule has 0 radical (unpaired) electrons. The Hall–Kier alpha value is -3.33. The Morgan fingerprint density at radius 3 is 2.53 bits per heavy atom. The van der Waals surface area contributed by atoms with Gasteiger partial charge in [0.1, 0.15) is 11.9 Å². The minimum Gasteiger partial charge on any atom is -0.485 e. The Balaban J connectivity index is 1.89. The van der Waals surface area contributed by atoms with Gasteiger partial charge in [0, 0.05) is 39.3 Å². The molecule has 0 unspecified atom stereocenters. The number of urea groups is 1. The first-order valence-electron chi connectivity index (χ1n) is 11.3. The largest absolute Gasteiger partial charge is 0.485 e. The minimum atomic E-state index is -0.426. The zero-order valence-corrected chi connectivity index (χ0v) is 20.3. The lowest BCUT2D eigenvalue weighted by Crippen LogP contribution is -2.50. The van der Waals surface area contributed by atoms with Gasteiger partial charge in [0.15, 0.2) is 5.75 Å². The zero-order chi connectivity index (χ0) is 25.0. The Bertz CT molecular complexity index is 1010. The van der Waals surface area contributed by atoms with Gasteiger partial charge in [0.25, 0.3) is 5.91 Å². The fourth-order valence-corrected chi connectivity index (χ4v) is 3.90. The van der Waals surface area contributed by atoms with E-state index in [-0.39, 0.29) is 42.9 Å². The summed E-state index contributed by atoms with van der Waals surface area (Å²) in [6.45, 7) is 4.23. The molecule has 2 aromatic rings. The van der Waals surface area contributed by atoms with Gasteiger partial charge in [0.2, 0.25) is 0 Å². The van der Waals surface area contributed by atoms with E-state index in [1.165, 1.54) is 29.2 Å². The van der Waals surface area contributed by atoms with Crippen molar-refractivity contribution in [3.05, 3.63) is 53.8 Å². The van der Waals surface area contributed by atoms with Crippen LogP contribution in [-0.2, 0) is 0 Å². The van der Waals surface area contributed by atoms with Gasteiger partial charge in [-0.2, -0.15) is 0 Å². The van der Waals surface area contributed by atoms with Crippen LogP contribution in [0.4, 0.5) is 20.6 Å². The van der Waals surface area contributed by atoms with Gasteiger partial charge in [-0.25, -0.2) is 9.18 Å². The predicted octanol–water partition coefficient (Wildman–Crippen LogP) is 3.28. The van der Waals surface area contributed by atoms with E-state index >= 15 is 0 Å². The molecule has 1 heterocycles. The molecule has 3 amide bonds. The standard InChI is InChI=1S/C25H33FN4O4/c1-16-13-30(17(2)15-31)24(32)20-7-6-8-21(28(3)4)23(20)34-22(16)14-29(5)25(33)27-19-11-9-18(26)10-12-19/h6-12,16-17,22,31H,13-15H2,1-5H3,(H,27,33)/t16-,17-,22+/m0/s1. The first-order chi connectivity index (χ1) is 16.1. The summed E-state index contributed by atoms with van der Waals surface area (Å²) in [6.07, 6.45) is -0.426. The highest BCUT2D eigenvalue weighted by Crippen LogP contribution is 2.36. The molecule has 0 saturated heterocycles. The van der Waals surface area contributed by atoms with Crippen molar-refractivity contribution in [3.8, 4) is 5.75 Å². The van der Waals surface area contributed by atoms with Gasteiger partial charge >= 0.3 is 6.03 Å². The molecule has 0 fully saturated rings. The molecule has 0 spiro atoms. The van der Waals surface area contributed by atoms with E-state index in [0.29, 0.717) is 23.5 Å². The molecule has 9 heteroatoms. The molecule has 3 atom stereocenters. The number of carbonyl (C=O) groups excluding carboxylic acids is 2. The average Bonchev–Trinajstić information content (AvgIpc) is 2.81. The number of aliphatic hydroxyl groups is 1. The van der Waals surface area contributed by atoms with Crippen LogP contribution >= 0.6 is 0 Å². The van der Waals surface area contributed by atoms with Crippen LogP contribution in [0, 0.1) is 11.7 Å². The summed E-state index contributed by atoms with van der Waals surface area (Å²) in [5.41, 5.74) is 1.65. The third-order valence-corrected chi connectivity index (χ3v) is 6.05. The lowest BCUT2D eigenvalue weighted by atomic mass is 9.99. The Labute approximate surface area is 199 Å². The van der Waals surface area contributed by atoms with Crippen LogP contribution < -0.4 is 15.0 Å². The number of hydrogen-bond donors (Lipinski definition) is 2. The van der Waals surface area contributed by atoms with Crippen molar-refractivity contribution < 1.29 is 23.8 Å². The van der Waals surface area contributed by atoms with Crippen molar-refractivity contribution in [3.63, 3.8) is 0 Å². The number of nitrogens with one attached hydrogen (secondary N) is 1. The summed E-state index contributed by atoms with van der Waals surface area (Å²) in [7, 11) is 5.40. The number of carbonyl (C=O) groups is 2. The summed E-state index contributed by atoms with van der Waals surface area (Å²) in [5.74, 6) is -0.262. The fraction of sp³-hybridized carbons (Fsp3) is 0.440. The molecule has 2 N–H and O–H groups in total. The van der Waals surface area contributed by atoms with Crippen LogP contribution in [0.15, 0.2) is 42.5 Å². The second-order valence-electron chi connectivity index (χ2n) is 8.99. The molecule has 1 aliphatic heterocycles. The topological polar surface area (TPSA) is 85.4 Å². The Morgan fingerprint density at radius 1 is 1.24 bits per heavy atom. The summed E-state index contributed by atoms with van der Waals surface area (Å²) in [4.78, 5) is 31.2. The highest BCUT2D eigenvalue weighted by atomic mass is 19.1. The van der Waals surface area contributed by atoms with Crippen LogP contribution in [-0.4, -0.2) is 79.8 Å². The Morgan fingerprint density at radius 2 is 1.91 bits per heavy atom. The van der Waals surface area contributed by atoms with E-state index in [1.54, 1.807) is 31.0 Å². The van der Waals surface area contributed by atoms with Crippen molar-refractivity contribution >= 4 is 23.3 Å². The van der Waals surface area contributed by atoms with E-state index in [1.807, 2.05) is 32.0 Å². The average molecular weight is 473 g/mol. The maximum absolute atomic E-state index is 13.4. The summed E-state index contributed by atoms with van der Waals surface area (Å²) < 4.78 is 19.6. The van der Waals surface area contributed by atoms with Gasteiger partial charge in [-0.1, -0.05) is 13.0 Å². The van der Waals surface area contributed by atoms with Crippen LogP contribution in [0.2, 0.25) is 0 Å². The number of likely N-dealkylation sites (N-methyl/N-ethyl adjacent to an activating group) is 1. The highest BCUT2D eigenvalue weighted by molar-refractivity contribution is 5.99. The molecule has 2 aromatic carbocycles. The normalized spacial score (nSPS) is 18.8. The number of benzene rings is 2. The number of nitrogens with zero attached hydrogens (tertiary/aromatic N) is 3. The van der Waals surface area contributed by atoms with E-state index in [4.69, 9.17) is 4.74 Å². The Kier molecular flexibility index (Phi) is 7.98. The smallest absolute Gasteiger partial charge is 0.321 e. The molecule has 0 saturated carbocycles. The molecule has 3 rings (SSSR count). The van der Waals surface area contributed by atoms with E-state index in [9.17, 15) is 19.1 Å². The summed E-state index contributed by atoms with van der Waals surface area (Å²) in [6, 6.07) is 10.2. The number of para-hydroxylation sites is 1. The minimum absolute atomic E-state index is 0.137. The van der Waals surface area contributed by atoms with Crippen molar-refractivity contribution in [1.29, 1.82) is 0 Å². The van der Waals surface area contributed by atoms with Crippen LogP contribution in [0.5, 0.6) is 5.75 Å². The third-order valence-electron chi connectivity index (χ3n) is 6.05. The third kappa shape index (κ3) is 5.59. The first-order valence-corrected chi connectivity index (χ1v) is 11.3.